The monoisotopic (exact) mass is 767 g/mol. The molecule has 1 aromatic heterocycles. The summed E-state index contributed by atoms with van der Waals surface area (Å²) in [6.07, 6.45) is 0. The van der Waals surface area contributed by atoms with Gasteiger partial charge in [0.15, 0.2) is 0 Å². The van der Waals surface area contributed by atoms with E-state index in [0.29, 0.717) is 0 Å². The summed E-state index contributed by atoms with van der Waals surface area (Å²) >= 11 is 0. The third kappa shape index (κ3) is 5.29. The molecule has 1 nitrogen and oxygen atoms in total. The van der Waals surface area contributed by atoms with E-state index in [-0.39, 0.29) is 21.7 Å². The number of hydrogen-bond acceptors (Lipinski definition) is 0. The van der Waals surface area contributed by atoms with Crippen LogP contribution < -0.4 is 0 Å². The fourth-order valence-corrected chi connectivity index (χ4v) is 10.8. The molecule has 0 radical (unpaired) electrons. The van der Waals surface area contributed by atoms with Crippen LogP contribution in [0.25, 0.3) is 49.7 Å². The van der Waals surface area contributed by atoms with Crippen molar-refractivity contribution in [3.8, 4) is 27.9 Å². The van der Waals surface area contributed by atoms with Crippen molar-refractivity contribution in [2.75, 3.05) is 0 Å². The van der Waals surface area contributed by atoms with Crippen molar-refractivity contribution in [1.82, 2.24) is 4.57 Å². The molecule has 10 rings (SSSR count). The van der Waals surface area contributed by atoms with E-state index in [1.54, 1.807) is 0 Å². The van der Waals surface area contributed by atoms with Crippen molar-refractivity contribution < 1.29 is 0 Å². The summed E-state index contributed by atoms with van der Waals surface area (Å²) in [6, 6.07) is 56.4. The van der Waals surface area contributed by atoms with Gasteiger partial charge < -0.3 is 4.57 Å². The molecular formula is C58H57N. The van der Waals surface area contributed by atoms with Gasteiger partial charge in [-0.2, -0.15) is 0 Å². The Kier molecular flexibility index (Phi) is 7.92. The average molecular weight is 768 g/mol. The van der Waals surface area contributed by atoms with Crippen LogP contribution in [0.15, 0.2) is 146 Å². The van der Waals surface area contributed by atoms with E-state index in [1.807, 2.05) is 0 Å². The molecule has 1 heteroatoms. The Balaban J connectivity index is 1.39. The number of benzene rings is 7. The molecule has 2 aliphatic rings. The standard InChI is InChI=1S/C58H57N/c1-54(2,3)36-28-30-38(31-29-36)58(37-20-13-12-14-21-37)46-25-19-27-50(52(46)44-32-39(55(4,5)6)33-48(53(44)58)56(7,8)9)59-49-26-18-16-23-41(49)43-34-42-40-22-15-17-24-45(40)57(10,11)47(42)35-51(43)59/h12-35H,1-11H3. The summed E-state index contributed by atoms with van der Waals surface area (Å²) < 4.78 is 2.61. The van der Waals surface area contributed by atoms with Gasteiger partial charge >= 0.3 is 0 Å². The predicted octanol–water partition coefficient (Wildman–Crippen LogP) is 15.3. The lowest BCUT2D eigenvalue weighted by Crippen LogP contribution is -2.32. The Morgan fingerprint density at radius 3 is 1.75 bits per heavy atom. The predicted molar refractivity (Wildman–Crippen MR) is 252 cm³/mol. The minimum absolute atomic E-state index is 0.0436. The highest BCUT2D eigenvalue weighted by Gasteiger charge is 2.50. The average Bonchev–Trinajstić information content (AvgIpc) is 3.77. The van der Waals surface area contributed by atoms with Gasteiger partial charge in [0.1, 0.15) is 0 Å². The van der Waals surface area contributed by atoms with Gasteiger partial charge in [-0.3, -0.25) is 0 Å². The van der Waals surface area contributed by atoms with E-state index < -0.39 is 5.41 Å². The van der Waals surface area contributed by atoms with Gasteiger partial charge in [-0.15, -0.1) is 0 Å². The summed E-state index contributed by atoms with van der Waals surface area (Å²) in [7, 11) is 0. The lowest BCUT2D eigenvalue weighted by molar-refractivity contribution is 0.557. The second-order valence-corrected chi connectivity index (χ2v) is 21.0. The van der Waals surface area contributed by atoms with Gasteiger partial charge in [0.2, 0.25) is 0 Å². The maximum absolute atomic E-state index is 2.61. The van der Waals surface area contributed by atoms with E-state index in [4.69, 9.17) is 0 Å². The zero-order valence-corrected chi connectivity index (χ0v) is 36.8. The van der Waals surface area contributed by atoms with Crippen molar-refractivity contribution in [1.29, 1.82) is 0 Å². The van der Waals surface area contributed by atoms with Crippen LogP contribution in [0.5, 0.6) is 0 Å². The van der Waals surface area contributed by atoms with E-state index >= 15 is 0 Å². The minimum Gasteiger partial charge on any atom is -0.309 e. The van der Waals surface area contributed by atoms with E-state index in [1.165, 1.54) is 99.8 Å². The molecule has 2 aliphatic carbocycles. The highest BCUT2D eigenvalue weighted by molar-refractivity contribution is 6.12. The van der Waals surface area contributed by atoms with Crippen LogP contribution in [0.3, 0.4) is 0 Å². The van der Waals surface area contributed by atoms with Crippen LogP contribution in [-0.2, 0) is 27.1 Å². The quantitative estimate of drug-likeness (QED) is 0.169. The summed E-state index contributed by atoms with van der Waals surface area (Å²) in [5, 5.41) is 2.59. The highest BCUT2D eigenvalue weighted by Crippen LogP contribution is 2.61. The summed E-state index contributed by atoms with van der Waals surface area (Å²) in [6.45, 7) is 26.1. The third-order valence-corrected chi connectivity index (χ3v) is 13.9. The number of fused-ring (bicyclic) bond motifs is 9. The van der Waals surface area contributed by atoms with Crippen LogP contribution in [0.1, 0.15) is 126 Å². The first-order valence-corrected chi connectivity index (χ1v) is 21.6. The Morgan fingerprint density at radius 1 is 0.424 bits per heavy atom. The maximum atomic E-state index is 2.61. The normalized spacial score (nSPS) is 16.9. The Morgan fingerprint density at radius 2 is 1.05 bits per heavy atom. The van der Waals surface area contributed by atoms with Gasteiger partial charge in [0.05, 0.1) is 22.1 Å². The van der Waals surface area contributed by atoms with E-state index in [9.17, 15) is 0 Å². The Bertz CT molecular complexity index is 2980. The number of para-hydroxylation sites is 1. The molecule has 8 aromatic rings. The maximum Gasteiger partial charge on any atom is 0.0717 e. The molecule has 0 aliphatic heterocycles. The largest absolute Gasteiger partial charge is 0.309 e. The number of rotatable bonds is 3. The number of nitrogens with zero attached hydrogens (tertiary/aromatic N) is 1. The van der Waals surface area contributed by atoms with Gasteiger partial charge in [-0.25, -0.2) is 0 Å². The van der Waals surface area contributed by atoms with Crippen molar-refractivity contribution >= 4 is 21.8 Å². The molecule has 1 heterocycles. The van der Waals surface area contributed by atoms with Crippen molar-refractivity contribution in [2.24, 2.45) is 0 Å². The van der Waals surface area contributed by atoms with Crippen LogP contribution in [-0.4, -0.2) is 4.57 Å². The van der Waals surface area contributed by atoms with E-state index in [2.05, 4.69) is 226 Å². The zero-order valence-electron chi connectivity index (χ0n) is 36.8. The first-order valence-electron chi connectivity index (χ1n) is 21.6. The van der Waals surface area contributed by atoms with Crippen LogP contribution in [0, 0.1) is 0 Å². The van der Waals surface area contributed by atoms with Gasteiger partial charge in [0, 0.05) is 21.8 Å². The molecule has 0 saturated carbocycles. The molecule has 59 heavy (non-hydrogen) atoms. The highest BCUT2D eigenvalue weighted by atomic mass is 15.0. The molecule has 1 atom stereocenters. The topological polar surface area (TPSA) is 4.93 Å². The lowest BCUT2D eigenvalue weighted by Gasteiger charge is -2.38. The molecular weight excluding hydrogens is 711 g/mol. The molecule has 0 N–H and O–H groups in total. The minimum atomic E-state index is -0.555. The van der Waals surface area contributed by atoms with Gasteiger partial charge in [-0.1, -0.05) is 197 Å². The molecule has 0 bridgehead atoms. The van der Waals surface area contributed by atoms with E-state index in [0.717, 1.165) is 0 Å². The first-order chi connectivity index (χ1) is 27.9. The third-order valence-electron chi connectivity index (χ3n) is 13.9. The smallest absolute Gasteiger partial charge is 0.0717 e. The molecule has 1 unspecified atom stereocenters. The summed E-state index contributed by atoms with van der Waals surface area (Å²) in [4.78, 5) is 0. The van der Waals surface area contributed by atoms with Gasteiger partial charge in [-0.05, 0) is 107 Å². The number of aromatic nitrogens is 1. The SMILES string of the molecule is CC(C)(C)c1ccc(C2(c3ccccc3)c3cccc(-n4c5ccccc5c5cc6c(cc54)C(C)(C)c4ccccc4-6)c3-c3cc(C(C)(C)C)cc(C(C)(C)C)c32)cc1. The molecule has 0 spiro atoms. The van der Waals surface area contributed by atoms with Crippen LogP contribution in [0.4, 0.5) is 0 Å². The Labute approximate surface area is 351 Å². The molecule has 7 aromatic carbocycles. The second kappa shape index (κ2) is 12.4. The molecule has 294 valence electrons. The fourth-order valence-electron chi connectivity index (χ4n) is 10.8. The van der Waals surface area contributed by atoms with Crippen molar-refractivity contribution in [2.45, 2.75) is 103 Å². The molecule has 0 saturated heterocycles. The van der Waals surface area contributed by atoms with Crippen LogP contribution >= 0.6 is 0 Å². The summed E-state index contributed by atoms with van der Waals surface area (Å²) in [5.41, 5.74) is 20.6. The van der Waals surface area contributed by atoms with Gasteiger partial charge in [0.25, 0.3) is 0 Å². The van der Waals surface area contributed by atoms with Crippen molar-refractivity contribution in [3.63, 3.8) is 0 Å². The second-order valence-electron chi connectivity index (χ2n) is 21.0. The first kappa shape index (κ1) is 37.6. The Hall–Kier alpha value is -5.66. The van der Waals surface area contributed by atoms with Crippen molar-refractivity contribution in [3.05, 3.63) is 196 Å². The molecule has 0 amide bonds. The number of hydrogen-bond donors (Lipinski definition) is 0. The van der Waals surface area contributed by atoms with Crippen LogP contribution in [0.2, 0.25) is 0 Å². The fraction of sp³-hybridized carbons (Fsp3) is 0.276. The lowest BCUT2D eigenvalue weighted by atomic mass is 9.63. The molecule has 0 fully saturated rings. The summed E-state index contributed by atoms with van der Waals surface area (Å²) in [5.74, 6) is 0. The zero-order chi connectivity index (χ0) is 41.4.